The van der Waals surface area contributed by atoms with E-state index in [-0.39, 0.29) is 31.9 Å². The van der Waals surface area contributed by atoms with E-state index < -0.39 is 23.7 Å². The van der Waals surface area contributed by atoms with Crippen molar-refractivity contribution in [2.75, 3.05) is 27.4 Å². The minimum atomic E-state index is -1.05. The molecule has 1 heterocycles. The number of hydrogen-bond donors (Lipinski definition) is 2. The summed E-state index contributed by atoms with van der Waals surface area (Å²) in [6.45, 7) is 0.276. The summed E-state index contributed by atoms with van der Waals surface area (Å²) in [6, 6.07) is 24.7. The van der Waals surface area contributed by atoms with Crippen molar-refractivity contribution < 1.29 is 34.0 Å². The van der Waals surface area contributed by atoms with Crippen LogP contribution in [0.5, 0.6) is 11.5 Å². The van der Waals surface area contributed by atoms with Gasteiger partial charge in [-0.25, -0.2) is 0 Å². The molecule has 0 spiro atoms. The molecule has 8 heteroatoms. The molecule has 0 aliphatic carbocycles. The van der Waals surface area contributed by atoms with E-state index >= 15 is 0 Å². The fourth-order valence-corrected chi connectivity index (χ4v) is 5.01. The molecule has 0 unspecified atom stereocenters. The summed E-state index contributed by atoms with van der Waals surface area (Å²) in [6.07, 6.45) is -0.746. The van der Waals surface area contributed by atoms with E-state index in [4.69, 9.17) is 19.3 Å². The maximum Gasteiger partial charge on any atom is 0.303 e. The van der Waals surface area contributed by atoms with Gasteiger partial charge in [-0.3, -0.25) is 9.59 Å². The SMILES string of the molecule is COc1ccc(C(OC[C@@H]2C[C@@H](O)CN2C(=O)CCC(=O)O)(c2ccccc2)c2ccc(OC)cc2)cc1. The highest BCUT2D eigenvalue weighted by atomic mass is 16.5. The zero-order chi connectivity index (χ0) is 27.1. The van der Waals surface area contributed by atoms with Gasteiger partial charge in [0.2, 0.25) is 5.91 Å². The van der Waals surface area contributed by atoms with E-state index in [2.05, 4.69) is 0 Å². The maximum atomic E-state index is 12.8. The number of rotatable bonds is 11. The van der Waals surface area contributed by atoms with Gasteiger partial charge in [0.25, 0.3) is 0 Å². The third-order valence-corrected chi connectivity index (χ3v) is 6.93. The summed E-state index contributed by atoms with van der Waals surface area (Å²) in [5.74, 6) is 0.0730. The van der Waals surface area contributed by atoms with Crippen LogP contribution in [0.1, 0.15) is 36.0 Å². The monoisotopic (exact) mass is 519 g/mol. The average molecular weight is 520 g/mol. The molecule has 38 heavy (non-hydrogen) atoms. The predicted octanol–water partition coefficient (Wildman–Crippen LogP) is 3.84. The Labute approximate surface area is 222 Å². The van der Waals surface area contributed by atoms with Gasteiger partial charge in [-0.2, -0.15) is 0 Å². The van der Waals surface area contributed by atoms with Crippen LogP contribution in [-0.4, -0.2) is 66.5 Å². The Balaban J connectivity index is 1.76. The number of amides is 1. The largest absolute Gasteiger partial charge is 0.497 e. The van der Waals surface area contributed by atoms with Crippen LogP contribution in [0.2, 0.25) is 0 Å². The number of aliphatic carboxylic acids is 1. The molecule has 0 saturated carbocycles. The van der Waals surface area contributed by atoms with E-state index in [0.29, 0.717) is 17.9 Å². The second-order valence-electron chi connectivity index (χ2n) is 9.30. The smallest absolute Gasteiger partial charge is 0.303 e. The Morgan fingerprint density at radius 3 is 1.87 bits per heavy atom. The molecular formula is C30H33NO7. The van der Waals surface area contributed by atoms with Crippen molar-refractivity contribution in [1.82, 2.24) is 4.90 Å². The molecule has 1 amide bonds. The number of carboxylic acids is 1. The number of ether oxygens (including phenoxy) is 3. The van der Waals surface area contributed by atoms with Crippen molar-refractivity contribution >= 4 is 11.9 Å². The van der Waals surface area contributed by atoms with Crippen LogP contribution < -0.4 is 9.47 Å². The summed E-state index contributed by atoms with van der Waals surface area (Å²) in [4.78, 5) is 25.4. The summed E-state index contributed by atoms with van der Waals surface area (Å²) < 4.78 is 17.6. The number of aliphatic hydroxyl groups excluding tert-OH is 1. The standard InChI is InChI=1S/C30H33NO7/c1-36-26-12-8-22(9-13-26)30(21-6-4-3-5-7-21,23-10-14-27(37-2)15-11-23)38-20-24-18-25(32)19-31(24)28(33)16-17-29(34)35/h3-15,24-25,32H,16-20H2,1-2H3,(H,34,35)/t24-,25+/m0/s1. The van der Waals surface area contributed by atoms with Crippen LogP contribution >= 0.6 is 0 Å². The van der Waals surface area contributed by atoms with Gasteiger partial charge >= 0.3 is 5.97 Å². The first kappa shape index (κ1) is 27.2. The van der Waals surface area contributed by atoms with E-state index in [1.165, 1.54) is 0 Å². The first-order chi connectivity index (χ1) is 18.4. The average Bonchev–Trinajstić information content (AvgIpc) is 3.33. The second kappa shape index (κ2) is 12.1. The molecule has 3 aromatic carbocycles. The lowest BCUT2D eigenvalue weighted by Gasteiger charge is -2.38. The minimum absolute atomic E-state index is 0.126. The lowest BCUT2D eigenvalue weighted by molar-refractivity contribution is -0.142. The quantitative estimate of drug-likeness (QED) is 0.371. The Hall–Kier alpha value is -3.88. The molecule has 3 aromatic rings. The highest BCUT2D eigenvalue weighted by Crippen LogP contribution is 2.42. The molecule has 2 atom stereocenters. The first-order valence-electron chi connectivity index (χ1n) is 12.5. The normalized spacial score (nSPS) is 17.3. The fraction of sp³-hybridized carbons (Fsp3) is 0.333. The van der Waals surface area contributed by atoms with Crippen LogP contribution in [0.3, 0.4) is 0 Å². The number of nitrogens with zero attached hydrogens (tertiary/aromatic N) is 1. The van der Waals surface area contributed by atoms with Crippen LogP contribution in [0.15, 0.2) is 78.9 Å². The van der Waals surface area contributed by atoms with Gasteiger partial charge in [-0.05, 0) is 47.4 Å². The van der Waals surface area contributed by atoms with Crippen LogP contribution in [0.25, 0.3) is 0 Å². The third kappa shape index (κ3) is 5.82. The second-order valence-corrected chi connectivity index (χ2v) is 9.30. The maximum absolute atomic E-state index is 12.8. The molecular weight excluding hydrogens is 486 g/mol. The number of carboxylic acid groups (broad SMARTS) is 1. The summed E-state index contributed by atoms with van der Waals surface area (Å²) in [5, 5.41) is 19.4. The Morgan fingerprint density at radius 1 is 0.842 bits per heavy atom. The van der Waals surface area contributed by atoms with Crippen molar-refractivity contribution in [2.45, 2.75) is 37.0 Å². The zero-order valence-corrected chi connectivity index (χ0v) is 21.6. The van der Waals surface area contributed by atoms with Gasteiger partial charge in [0.15, 0.2) is 0 Å². The van der Waals surface area contributed by atoms with Crippen LogP contribution in [0, 0.1) is 0 Å². The number of carbonyl (C=O) groups excluding carboxylic acids is 1. The number of likely N-dealkylation sites (tertiary alicyclic amines) is 1. The minimum Gasteiger partial charge on any atom is -0.497 e. The van der Waals surface area contributed by atoms with Gasteiger partial charge in [0.1, 0.15) is 17.1 Å². The van der Waals surface area contributed by atoms with E-state index in [1.54, 1.807) is 19.1 Å². The summed E-state index contributed by atoms with van der Waals surface area (Å²) in [5.41, 5.74) is 1.55. The molecule has 1 aliphatic rings. The van der Waals surface area contributed by atoms with Crippen molar-refractivity contribution in [3.8, 4) is 11.5 Å². The van der Waals surface area contributed by atoms with E-state index in [0.717, 1.165) is 16.7 Å². The number of β-amino-alcohol motifs (C(OH)–C–C–N with tert-alkyl or cyclic N) is 1. The van der Waals surface area contributed by atoms with Gasteiger partial charge in [-0.15, -0.1) is 0 Å². The number of methoxy groups -OCH3 is 2. The number of carbonyl (C=O) groups is 2. The molecule has 1 aliphatic heterocycles. The lowest BCUT2D eigenvalue weighted by atomic mass is 9.80. The topological polar surface area (TPSA) is 106 Å². The molecule has 2 N–H and O–H groups in total. The van der Waals surface area contributed by atoms with Crippen molar-refractivity contribution in [2.24, 2.45) is 0 Å². The number of aliphatic hydroxyl groups is 1. The van der Waals surface area contributed by atoms with Gasteiger partial charge < -0.3 is 29.3 Å². The molecule has 200 valence electrons. The Kier molecular flexibility index (Phi) is 8.66. The fourth-order valence-electron chi connectivity index (χ4n) is 5.01. The Morgan fingerprint density at radius 2 is 1.37 bits per heavy atom. The molecule has 0 bridgehead atoms. The molecule has 0 aromatic heterocycles. The molecule has 1 saturated heterocycles. The van der Waals surface area contributed by atoms with Gasteiger partial charge in [-0.1, -0.05) is 54.6 Å². The highest BCUT2D eigenvalue weighted by Gasteiger charge is 2.41. The first-order valence-corrected chi connectivity index (χ1v) is 12.5. The number of hydrogen-bond acceptors (Lipinski definition) is 6. The zero-order valence-electron chi connectivity index (χ0n) is 21.6. The Bertz CT molecular complexity index is 1160. The molecule has 0 radical (unpaired) electrons. The van der Waals surface area contributed by atoms with Crippen LogP contribution in [-0.2, 0) is 19.9 Å². The molecule has 1 fully saturated rings. The lowest BCUT2D eigenvalue weighted by Crippen LogP contribution is -2.42. The van der Waals surface area contributed by atoms with Crippen molar-refractivity contribution in [1.29, 1.82) is 0 Å². The van der Waals surface area contributed by atoms with E-state index in [1.807, 2.05) is 78.9 Å². The number of benzene rings is 3. The predicted molar refractivity (Wildman–Crippen MR) is 141 cm³/mol. The summed E-state index contributed by atoms with van der Waals surface area (Å²) >= 11 is 0. The molecule has 4 rings (SSSR count). The van der Waals surface area contributed by atoms with E-state index in [9.17, 15) is 14.7 Å². The van der Waals surface area contributed by atoms with Gasteiger partial charge in [0.05, 0.1) is 39.4 Å². The third-order valence-electron chi connectivity index (χ3n) is 6.93. The highest BCUT2D eigenvalue weighted by molar-refractivity contribution is 5.81. The van der Waals surface area contributed by atoms with Crippen LogP contribution in [0.4, 0.5) is 0 Å². The summed E-state index contributed by atoms with van der Waals surface area (Å²) in [7, 11) is 3.22. The van der Waals surface area contributed by atoms with Gasteiger partial charge in [0, 0.05) is 13.0 Å². The molecule has 8 nitrogen and oxygen atoms in total. The van der Waals surface area contributed by atoms with Crippen molar-refractivity contribution in [3.05, 3.63) is 95.6 Å². The van der Waals surface area contributed by atoms with Crippen molar-refractivity contribution in [3.63, 3.8) is 0 Å².